The fourth-order valence-electron chi connectivity index (χ4n) is 2.50. The molecule has 0 saturated carbocycles. The summed E-state index contributed by atoms with van der Waals surface area (Å²) in [5.41, 5.74) is 2.66. The van der Waals surface area contributed by atoms with Gasteiger partial charge in [-0.3, -0.25) is 14.5 Å². The van der Waals surface area contributed by atoms with Crippen molar-refractivity contribution in [2.45, 2.75) is 13.5 Å². The van der Waals surface area contributed by atoms with Crippen molar-refractivity contribution in [3.8, 4) is 11.5 Å². The lowest BCUT2D eigenvalue weighted by Gasteiger charge is -2.12. The lowest BCUT2D eigenvalue weighted by Crippen LogP contribution is -2.27. The molecule has 0 spiro atoms. The van der Waals surface area contributed by atoms with Gasteiger partial charge in [0.15, 0.2) is 11.5 Å². The molecule has 1 heterocycles. The van der Waals surface area contributed by atoms with Crippen LogP contribution >= 0.6 is 27.7 Å². The summed E-state index contributed by atoms with van der Waals surface area (Å²) < 4.78 is 5.56. The van der Waals surface area contributed by atoms with E-state index < -0.39 is 0 Å². The van der Waals surface area contributed by atoms with Gasteiger partial charge in [-0.1, -0.05) is 29.8 Å². The Kier molecular flexibility index (Phi) is 5.38. The molecule has 1 aliphatic heterocycles. The molecule has 2 amide bonds. The number of hydrogen-bond acceptors (Lipinski definition) is 5. The Bertz CT molecular complexity index is 909. The van der Waals surface area contributed by atoms with E-state index in [1.807, 2.05) is 31.2 Å². The van der Waals surface area contributed by atoms with Crippen molar-refractivity contribution in [2.75, 3.05) is 7.11 Å². The first-order valence-corrected chi connectivity index (χ1v) is 9.37. The Balaban J connectivity index is 1.85. The summed E-state index contributed by atoms with van der Waals surface area (Å²) in [7, 11) is 1.45. The third-order valence-electron chi connectivity index (χ3n) is 3.90. The number of aromatic hydroxyl groups is 1. The molecule has 134 valence electrons. The Labute approximate surface area is 163 Å². The van der Waals surface area contributed by atoms with Crippen molar-refractivity contribution in [1.82, 2.24) is 4.90 Å². The van der Waals surface area contributed by atoms with Gasteiger partial charge in [0, 0.05) is 0 Å². The van der Waals surface area contributed by atoms with E-state index >= 15 is 0 Å². The van der Waals surface area contributed by atoms with Gasteiger partial charge in [-0.25, -0.2) is 0 Å². The molecule has 0 aromatic heterocycles. The minimum atomic E-state index is -0.330. The molecule has 0 unspecified atom stereocenters. The van der Waals surface area contributed by atoms with Crippen molar-refractivity contribution < 1.29 is 19.4 Å². The molecule has 2 aromatic rings. The molecule has 2 aromatic carbocycles. The summed E-state index contributed by atoms with van der Waals surface area (Å²) in [4.78, 5) is 26.4. The number of phenolic OH excluding ortho intramolecular Hbond substituents is 1. The zero-order chi connectivity index (χ0) is 18.8. The van der Waals surface area contributed by atoms with E-state index in [1.54, 1.807) is 18.2 Å². The van der Waals surface area contributed by atoms with Gasteiger partial charge < -0.3 is 9.84 Å². The van der Waals surface area contributed by atoms with Crippen LogP contribution in [0.25, 0.3) is 6.08 Å². The lowest BCUT2D eigenvalue weighted by molar-refractivity contribution is -0.123. The predicted octanol–water partition coefficient (Wildman–Crippen LogP) is 4.71. The highest BCUT2D eigenvalue weighted by Crippen LogP contribution is 2.38. The van der Waals surface area contributed by atoms with Gasteiger partial charge in [0.2, 0.25) is 0 Å². The number of halogens is 1. The summed E-state index contributed by atoms with van der Waals surface area (Å²) in [6.07, 6.45) is 1.62. The molecular formula is C19H16BrNO4S. The van der Waals surface area contributed by atoms with E-state index in [0.717, 1.165) is 22.9 Å². The molecule has 26 heavy (non-hydrogen) atoms. The highest BCUT2D eigenvalue weighted by molar-refractivity contribution is 9.10. The summed E-state index contributed by atoms with van der Waals surface area (Å²) in [5.74, 6) is -0.0645. The van der Waals surface area contributed by atoms with E-state index in [2.05, 4.69) is 15.9 Å². The molecule has 1 fully saturated rings. The van der Waals surface area contributed by atoms with E-state index in [-0.39, 0.29) is 29.2 Å². The predicted molar refractivity (Wildman–Crippen MR) is 105 cm³/mol. The van der Waals surface area contributed by atoms with Crippen LogP contribution in [0.2, 0.25) is 0 Å². The topological polar surface area (TPSA) is 66.8 Å². The standard InChI is InChI=1S/C19H16BrNO4S/c1-11-3-5-12(6-4-11)10-21-18(23)16(26-19(21)24)9-13-7-14(20)17(22)15(8-13)25-2/h3-9,22H,10H2,1-2H3/b16-9-. The minimum Gasteiger partial charge on any atom is -0.503 e. The maximum atomic E-state index is 12.6. The van der Waals surface area contributed by atoms with Gasteiger partial charge in [-0.05, 0) is 64.0 Å². The summed E-state index contributed by atoms with van der Waals surface area (Å²) in [6, 6.07) is 11.0. The van der Waals surface area contributed by atoms with E-state index in [0.29, 0.717) is 14.9 Å². The van der Waals surface area contributed by atoms with Crippen molar-refractivity contribution in [3.05, 3.63) is 62.5 Å². The normalized spacial score (nSPS) is 15.8. The molecule has 0 atom stereocenters. The van der Waals surface area contributed by atoms with Crippen molar-refractivity contribution >= 4 is 44.9 Å². The molecule has 1 N–H and O–H groups in total. The van der Waals surface area contributed by atoms with Crippen LogP contribution < -0.4 is 4.74 Å². The van der Waals surface area contributed by atoms with Crippen LogP contribution in [-0.4, -0.2) is 28.3 Å². The second kappa shape index (κ2) is 7.55. The molecule has 0 bridgehead atoms. The Morgan fingerprint density at radius 1 is 1.23 bits per heavy atom. The molecule has 0 radical (unpaired) electrons. The maximum absolute atomic E-state index is 12.6. The fraction of sp³-hybridized carbons (Fsp3) is 0.158. The highest BCUT2D eigenvalue weighted by Gasteiger charge is 2.35. The fourth-order valence-corrected chi connectivity index (χ4v) is 3.79. The number of carbonyl (C=O) groups is 2. The minimum absolute atomic E-state index is 0.0166. The van der Waals surface area contributed by atoms with E-state index in [4.69, 9.17) is 4.74 Å². The smallest absolute Gasteiger partial charge is 0.293 e. The van der Waals surface area contributed by atoms with Gasteiger partial charge >= 0.3 is 0 Å². The Morgan fingerprint density at radius 3 is 2.58 bits per heavy atom. The van der Waals surface area contributed by atoms with Crippen LogP contribution in [-0.2, 0) is 11.3 Å². The first-order chi connectivity index (χ1) is 12.4. The van der Waals surface area contributed by atoms with Gasteiger partial charge in [0.1, 0.15) is 0 Å². The van der Waals surface area contributed by atoms with E-state index in [1.165, 1.54) is 12.0 Å². The number of benzene rings is 2. The third-order valence-corrected chi connectivity index (χ3v) is 5.42. The molecule has 5 nitrogen and oxygen atoms in total. The van der Waals surface area contributed by atoms with Gasteiger partial charge in [0.05, 0.1) is 23.0 Å². The number of carbonyl (C=O) groups excluding carboxylic acids is 2. The van der Waals surface area contributed by atoms with Crippen LogP contribution in [0.4, 0.5) is 4.79 Å². The summed E-state index contributed by atoms with van der Waals surface area (Å²) in [5, 5.41) is 9.58. The van der Waals surface area contributed by atoms with Crippen LogP contribution in [0, 0.1) is 6.92 Å². The third kappa shape index (κ3) is 3.78. The molecule has 3 rings (SSSR count). The lowest BCUT2D eigenvalue weighted by atomic mass is 10.1. The number of rotatable bonds is 4. The number of nitrogens with zero attached hydrogens (tertiary/aromatic N) is 1. The zero-order valence-electron chi connectivity index (χ0n) is 14.2. The van der Waals surface area contributed by atoms with Gasteiger partial charge in [-0.15, -0.1) is 0 Å². The average Bonchev–Trinajstić information content (AvgIpc) is 2.87. The number of amides is 2. The molecule has 7 heteroatoms. The van der Waals surface area contributed by atoms with Crippen LogP contribution in [0.5, 0.6) is 11.5 Å². The number of hydrogen-bond donors (Lipinski definition) is 1. The first-order valence-electron chi connectivity index (χ1n) is 7.76. The molecule has 0 aliphatic carbocycles. The second-order valence-corrected chi connectivity index (χ2v) is 7.65. The second-order valence-electron chi connectivity index (χ2n) is 5.81. The van der Waals surface area contributed by atoms with Gasteiger partial charge in [0.25, 0.3) is 11.1 Å². The maximum Gasteiger partial charge on any atom is 0.293 e. The monoisotopic (exact) mass is 433 g/mol. The van der Waals surface area contributed by atoms with Crippen LogP contribution in [0.3, 0.4) is 0 Å². The average molecular weight is 434 g/mol. The highest BCUT2D eigenvalue weighted by atomic mass is 79.9. The first kappa shape index (κ1) is 18.5. The van der Waals surface area contributed by atoms with Gasteiger partial charge in [-0.2, -0.15) is 0 Å². The zero-order valence-corrected chi connectivity index (χ0v) is 16.6. The Morgan fingerprint density at radius 2 is 1.92 bits per heavy atom. The van der Waals surface area contributed by atoms with E-state index in [9.17, 15) is 14.7 Å². The Hall–Kier alpha value is -2.25. The largest absolute Gasteiger partial charge is 0.503 e. The quantitative estimate of drug-likeness (QED) is 0.707. The number of thioether (sulfide) groups is 1. The van der Waals surface area contributed by atoms with Crippen molar-refractivity contribution in [2.24, 2.45) is 0 Å². The number of phenols is 1. The number of methoxy groups -OCH3 is 1. The summed E-state index contributed by atoms with van der Waals surface area (Å²) >= 11 is 4.15. The van der Waals surface area contributed by atoms with Crippen LogP contribution in [0.1, 0.15) is 16.7 Å². The molecule has 1 saturated heterocycles. The summed E-state index contributed by atoms with van der Waals surface area (Å²) in [6.45, 7) is 2.22. The number of ether oxygens (including phenoxy) is 1. The SMILES string of the molecule is COc1cc(/C=C2\SC(=O)N(Cc3ccc(C)cc3)C2=O)cc(Br)c1O. The van der Waals surface area contributed by atoms with Crippen molar-refractivity contribution in [3.63, 3.8) is 0 Å². The van der Waals surface area contributed by atoms with Crippen molar-refractivity contribution in [1.29, 1.82) is 0 Å². The number of imide groups is 1. The molecule has 1 aliphatic rings. The number of aryl methyl sites for hydroxylation is 1. The molecular weight excluding hydrogens is 418 g/mol. The van der Waals surface area contributed by atoms with Crippen LogP contribution in [0.15, 0.2) is 45.8 Å².